The van der Waals surface area contributed by atoms with Gasteiger partial charge in [0.1, 0.15) is 0 Å². The maximum Gasteiger partial charge on any atom is -0.172 e. The Morgan fingerprint density at radius 1 is 0.909 bits per heavy atom. The fourth-order valence-corrected chi connectivity index (χ4v) is 1.69. The summed E-state index contributed by atoms with van der Waals surface area (Å²) < 4.78 is 12.6. The first-order valence-corrected chi connectivity index (χ1v) is 11.4. The van der Waals surface area contributed by atoms with E-state index in [1.165, 1.54) is 24.2 Å². The van der Waals surface area contributed by atoms with E-state index in [0.717, 1.165) is 6.61 Å². The predicted octanol–water partition coefficient (Wildman–Crippen LogP) is -2.02. The van der Waals surface area contributed by atoms with Crippen LogP contribution in [0.15, 0.2) is 60.7 Å². The first kappa shape index (κ1) is 27.0. The molecule has 0 amide bonds. The van der Waals surface area contributed by atoms with Crippen LogP contribution in [0.3, 0.4) is 0 Å². The molecule has 0 N–H and O–H groups in total. The molecule has 0 fully saturated rings. The zero-order valence-electron chi connectivity index (χ0n) is 13.3. The minimum atomic E-state index is -1.34. The quantitative estimate of drug-likeness (QED) is 0.232. The van der Waals surface area contributed by atoms with Gasteiger partial charge in [0.25, 0.3) is 0 Å². The molecule has 0 heterocycles. The third-order valence-corrected chi connectivity index (χ3v) is 3.28. The van der Waals surface area contributed by atoms with Crippen molar-refractivity contribution in [3.05, 3.63) is 60.7 Å². The van der Waals surface area contributed by atoms with Gasteiger partial charge in [-0.05, 0) is 0 Å². The van der Waals surface area contributed by atoms with Gasteiger partial charge in [-0.15, -0.1) is 0 Å². The van der Waals surface area contributed by atoms with Gasteiger partial charge in [-0.3, -0.25) is 0 Å². The van der Waals surface area contributed by atoms with Crippen molar-refractivity contribution >= 4 is 12.0 Å². The molecule has 22 heavy (non-hydrogen) atoms. The smallest absolute Gasteiger partial charge is 0.172 e. The van der Waals surface area contributed by atoms with Gasteiger partial charge in [0.15, 0.2) is 0 Å². The topological polar surface area (TPSA) is 18.5 Å². The van der Waals surface area contributed by atoms with Crippen LogP contribution in [-0.4, -0.2) is 25.4 Å². The zero-order chi connectivity index (χ0) is 15.1. The second kappa shape index (κ2) is 19.2. The summed E-state index contributed by atoms with van der Waals surface area (Å²) in [7, 11) is -1.34. The molecule has 2 nitrogen and oxygen atoms in total. The number of rotatable bonds is 5. The summed E-state index contributed by atoms with van der Waals surface area (Å²) in [4.78, 5) is 0. The van der Waals surface area contributed by atoms with Crippen LogP contribution in [0.5, 0.6) is 0 Å². The molecule has 0 saturated heterocycles. The summed E-state index contributed by atoms with van der Waals surface area (Å²) in [5, 5.41) is 0. The van der Waals surface area contributed by atoms with Gasteiger partial charge >= 0.3 is 78.5 Å². The molecule has 0 saturated carbocycles. The second-order valence-electron chi connectivity index (χ2n) is 4.87. The average molecular weight is 439 g/mol. The van der Waals surface area contributed by atoms with Crippen molar-refractivity contribution in [3.63, 3.8) is 0 Å². The molecule has 0 bridgehead atoms. The van der Waals surface area contributed by atoms with E-state index in [0.29, 0.717) is 6.79 Å². The van der Waals surface area contributed by atoms with E-state index in [4.69, 9.17) is 9.16 Å². The van der Waals surface area contributed by atoms with Gasteiger partial charge in [-0.2, -0.15) is 36.4 Å². The summed E-state index contributed by atoms with van der Waals surface area (Å²) in [5.41, 5.74) is 0. The third kappa shape index (κ3) is 25.1. The zero-order valence-corrected chi connectivity index (χ0v) is 18.3. The average Bonchev–Trinajstić information content (AvgIpc) is 3.09. The fourth-order valence-electron chi connectivity index (χ4n) is 0.967. The van der Waals surface area contributed by atoms with E-state index < -0.39 is 8.32 Å². The van der Waals surface area contributed by atoms with Crippen molar-refractivity contribution in [3.8, 4) is 0 Å². The first-order valence-electron chi connectivity index (χ1n) is 6.60. The summed E-state index contributed by atoms with van der Waals surface area (Å²) in [5.74, 6) is 0. The monoisotopic (exact) mass is 436 g/mol. The fraction of sp³-hybridized carbons (Fsp3) is 0.312. The molecular weight excluding hydrogens is 414 g/mol. The van der Waals surface area contributed by atoms with E-state index in [9.17, 15) is 0 Å². The molecule has 2 rings (SSSR count). The molecule has 0 unspecified atom stereocenters. The van der Waals surface area contributed by atoms with Crippen LogP contribution >= 0.6 is 0 Å². The molecule has 2 aromatic rings. The van der Waals surface area contributed by atoms with Crippen LogP contribution in [0, 0.1) is 0 Å². The minimum Gasteiger partial charge on any atom is -1.00 e. The summed E-state index contributed by atoms with van der Waals surface area (Å²) in [6.07, 6.45) is 0. The molecule has 0 radical (unpaired) electrons. The third-order valence-electron chi connectivity index (χ3n) is 1.89. The van der Waals surface area contributed by atoms with Crippen molar-refractivity contribution < 1.29 is 58.2 Å². The Kier molecular flexibility index (Phi) is 23.6. The van der Waals surface area contributed by atoms with Crippen LogP contribution in [0.4, 0.5) is 0 Å². The summed E-state index contributed by atoms with van der Waals surface area (Å²) in [6, 6.07) is 20.0. The molecule has 0 spiro atoms. The second-order valence-corrected chi connectivity index (χ2v) is 10.4. The Balaban J connectivity index is -0.000000254. The molecular formula is C16H24Cl2O2SiZr-2. The van der Waals surface area contributed by atoms with Crippen molar-refractivity contribution in [1.29, 1.82) is 0 Å². The Bertz CT molecular complexity index is 326. The molecule has 0 aromatic heterocycles. The largest absolute Gasteiger partial charge is 1.00 e. The number of halogens is 2. The van der Waals surface area contributed by atoms with Gasteiger partial charge in [-0.1, -0.05) is 0 Å². The Hall–Kier alpha value is 0.170. The maximum atomic E-state index is 5.44. The van der Waals surface area contributed by atoms with Crippen LogP contribution in [0.1, 0.15) is 0 Å². The first-order chi connectivity index (χ1) is 9.56. The molecule has 0 aliphatic rings. The van der Waals surface area contributed by atoms with Crippen molar-refractivity contribution in [2.24, 2.45) is 0 Å². The molecule has 0 aliphatic heterocycles. The van der Waals surface area contributed by atoms with Crippen molar-refractivity contribution in [1.82, 2.24) is 0 Å². The number of ether oxygens (including phenoxy) is 1. The van der Waals surface area contributed by atoms with Crippen LogP contribution in [0.2, 0.25) is 19.6 Å². The molecule has 0 atom stereocenters. The van der Waals surface area contributed by atoms with Crippen molar-refractivity contribution in [2.75, 3.05) is 13.4 Å². The van der Waals surface area contributed by atoms with Gasteiger partial charge < -0.3 is 24.8 Å². The Labute approximate surface area is 163 Å². The Morgan fingerprint density at radius 3 is 1.55 bits per heavy atom. The SMILES string of the molecule is C[Si](C)(C)OCOC[CH]=[Zr+2].[Cl-].[Cl-].c1cc[cH-]c1.c1cc[cH-]c1. The van der Waals surface area contributed by atoms with Crippen LogP contribution < -0.4 is 24.8 Å². The molecule has 6 heteroatoms. The van der Waals surface area contributed by atoms with E-state index in [1.807, 2.05) is 60.7 Å². The van der Waals surface area contributed by atoms with Gasteiger partial charge in [-0.25, -0.2) is 24.3 Å². The van der Waals surface area contributed by atoms with Crippen molar-refractivity contribution in [2.45, 2.75) is 19.6 Å². The Morgan fingerprint density at radius 2 is 1.32 bits per heavy atom. The number of hydrogen-bond acceptors (Lipinski definition) is 2. The van der Waals surface area contributed by atoms with Gasteiger partial charge in [0, 0.05) is 0 Å². The van der Waals surface area contributed by atoms with E-state index in [-0.39, 0.29) is 24.8 Å². The maximum absolute atomic E-state index is 5.44. The molecule has 0 aliphatic carbocycles. The molecule has 124 valence electrons. The molecule has 2 aromatic carbocycles. The van der Waals surface area contributed by atoms with E-state index in [2.05, 4.69) is 23.3 Å². The van der Waals surface area contributed by atoms with Gasteiger partial charge in [0.05, 0.1) is 0 Å². The normalized spacial score (nSPS) is 8.95. The number of hydrogen-bond donors (Lipinski definition) is 0. The van der Waals surface area contributed by atoms with E-state index >= 15 is 0 Å². The standard InChI is InChI=1S/C6H14O2Si.2C5H5.2ClH.Zr/c1-5-7-6-8-9(2,3)4;2*1-2-4-5-3-1;;;/h1H,5-6H2,2-4H3;2*1-5H;2*1H;/q;2*-1;;;+2/p-2. The van der Waals surface area contributed by atoms with Gasteiger partial charge in [0.2, 0.25) is 0 Å². The predicted molar refractivity (Wildman–Crippen MR) is 85.4 cm³/mol. The van der Waals surface area contributed by atoms with E-state index in [1.54, 1.807) is 0 Å². The van der Waals surface area contributed by atoms with Crippen LogP contribution in [-0.2, 0) is 33.4 Å². The minimum absolute atomic E-state index is 0. The summed E-state index contributed by atoms with van der Waals surface area (Å²) in [6.45, 7) is 7.64. The van der Waals surface area contributed by atoms with Crippen LogP contribution in [0.25, 0.3) is 0 Å². The summed E-state index contributed by atoms with van der Waals surface area (Å²) >= 11 is 1.41.